The predicted octanol–water partition coefficient (Wildman–Crippen LogP) is 1.67. The van der Waals surface area contributed by atoms with Crippen molar-refractivity contribution in [2.24, 2.45) is 0 Å². The Morgan fingerprint density at radius 1 is 1.29 bits per heavy atom. The van der Waals surface area contributed by atoms with E-state index in [1.54, 1.807) is 6.92 Å². The van der Waals surface area contributed by atoms with E-state index >= 15 is 0 Å². The molecule has 8 heteroatoms. The van der Waals surface area contributed by atoms with E-state index in [4.69, 9.17) is 9.47 Å². The van der Waals surface area contributed by atoms with E-state index in [1.165, 1.54) is 36.7 Å². The third-order valence-corrected chi connectivity index (χ3v) is 2.82. The molecule has 0 saturated heterocycles. The molecule has 0 spiro atoms. The molecule has 0 fully saturated rings. The van der Waals surface area contributed by atoms with Crippen LogP contribution in [0.5, 0.6) is 0 Å². The maximum Gasteiger partial charge on any atom is 0.323 e. The molecule has 0 aliphatic heterocycles. The highest BCUT2D eigenvalue weighted by atomic mass is 16.6. The fourth-order valence-corrected chi connectivity index (χ4v) is 2.00. The lowest BCUT2D eigenvalue weighted by Crippen LogP contribution is -2.37. The van der Waals surface area contributed by atoms with Crippen LogP contribution in [0.15, 0.2) is 18.3 Å². The van der Waals surface area contributed by atoms with E-state index in [-0.39, 0.29) is 12.4 Å². The monoisotopic (exact) mass is 298 g/mol. The number of aromatic nitrogens is 1. The molecule has 0 aliphatic carbocycles. The Labute approximate surface area is 121 Å². The molecule has 116 valence electrons. The van der Waals surface area contributed by atoms with Crippen molar-refractivity contribution in [2.75, 3.05) is 0 Å². The number of nitro groups is 1. The summed E-state index contributed by atoms with van der Waals surface area (Å²) in [5.74, 6) is -1.16. The quantitative estimate of drug-likeness (QED) is 0.431. The topological polar surface area (TPSA) is 101 Å². The second-order valence-corrected chi connectivity index (χ2v) is 4.48. The standard InChI is InChI=1S/C13H18N2O6/c1-4-11(20-9(2)16)12(21-10(3)17)8-14-7-5-6-13(14)15(18)19/h5-7,11-12H,4,8H2,1-3H3. The third-order valence-electron chi connectivity index (χ3n) is 2.82. The predicted molar refractivity (Wildman–Crippen MR) is 72.5 cm³/mol. The molecule has 1 heterocycles. The van der Waals surface area contributed by atoms with Crippen molar-refractivity contribution >= 4 is 17.8 Å². The lowest BCUT2D eigenvalue weighted by atomic mass is 10.1. The zero-order valence-corrected chi connectivity index (χ0v) is 12.1. The first kappa shape index (κ1) is 16.7. The zero-order chi connectivity index (χ0) is 16.0. The molecule has 21 heavy (non-hydrogen) atoms. The lowest BCUT2D eigenvalue weighted by molar-refractivity contribution is -0.392. The minimum absolute atomic E-state index is 0.0364. The summed E-state index contributed by atoms with van der Waals surface area (Å²) >= 11 is 0. The Kier molecular flexibility index (Phi) is 5.89. The van der Waals surface area contributed by atoms with Crippen LogP contribution in [0, 0.1) is 10.1 Å². The Hall–Kier alpha value is -2.38. The molecule has 0 bridgehead atoms. The van der Waals surface area contributed by atoms with Gasteiger partial charge in [-0.15, -0.1) is 0 Å². The van der Waals surface area contributed by atoms with Crippen molar-refractivity contribution in [3.05, 3.63) is 28.4 Å². The van der Waals surface area contributed by atoms with Gasteiger partial charge in [-0.25, -0.2) is 4.57 Å². The minimum atomic E-state index is -0.789. The van der Waals surface area contributed by atoms with E-state index in [0.29, 0.717) is 6.42 Å². The first-order chi connectivity index (χ1) is 9.85. The Balaban J connectivity index is 2.96. The Morgan fingerprint density at radius 2 is 1.86 bits per heavy atom. The molecule has 0 aromatic carbocycles. The number of carbonyl (C=O) groups excluding carboxylic acids is 2. The van der Waals surface area contributed by atoms with E-state index in [2.05, 4.69) is 0 Å². The SMILES string of the molecule is CCC(OC(C)=O)C(Cn1cccc1[N+](=O)[O-])OC(C)=O. The molecule has 2 atom stereocenters. The smallest absolute Gasteiger partial charge is 0.323 e. The first-order valence-electron chi connectivity index (χ1n) is 6.49. The van der Waals surface area contributed by atoms with Crippen molar-refractivity contribution < 1.29 is 24.0 Å². The molecule has 0 saturated carbocycles. The van der Waals surface area contributed by atoms with Gasteiger partial charge in [0.15, 0.2) is 6.10 Å². The molecule has 8 nitrogen and oxygen atoms in total. The van der Waals surface area contributed by atoms with Gasteiger partial charge in [-0.05, 0) is 17.4 Å². The second-order valence-electron chi connectivity index (χ2n) is 4.48. The first-order valence-corrected chi connectivity index (χ1v) is 6.49. The fourth-order valence-electron chi connectivity index (χ4n) is 2.00. The molecule has 1 aromatic rings. The number of nitrogens with zero attached hydrogens (tertiary/aromatic N) is 2. The van der Waals surface area contributed by atoms with Gasteiger partial charge in [0.25, 0.3) is 0 Å². The lowest BCUT2D eigenvalue weighted by Gasteiger charge is -2.24. The average Bonchev–Trinajstić information content (AvgIpc) is 2.82. The zero-order valence-electron chi connectivity index (χ0n) is 12.1. The normalized spacial score (nSPS) is 13.3. The summed E-state index contributed by atoms with van der Waals surface area (Å²) in [6, 6.07) is 2.87. The Morgan fingerprint density at radius 3 is 2.33 bits per heavy atom. The van der Waals surface area contributed by atoms with E-state index in [1.807, 2.05) is 0 Å². The fraction of sp³-hybridized carbons (Fsp3) is 0.538. The second kappa shape index (κ2) is 7.41. The maximum absolute atomic E-state index is 11.2. The highest BCUT2D eigenvalue weighted by Crippen LogP contribution is 2.17. The van der Waals surface area contributed by atoms with Crippen molar-refractivity contribution in [3.63, 3.8) is 0 Å². The number of rotatable bonds is 7. The van der Waals surface area contributed by atoms with Gasteiger partial charge in [0.05, 0.1) is 6.20 Å². The van der Waals surface area contributed by atoms with Crippen LogP contribution >= 0.6 is 0 Å². The number of hydrogen-bond acceptors (Lipinski definition) is 6. The van der Waals surface area contributed by atoms with Crippen LogP contribution in [0.2, 0.25) is 0 Å². The summed E-state index contributed by atoms with van der Waals surface area (Å²) in [4.78, 5) is 32.7. The van der Waals surface area contributed by atoms with Crippen LogP contribution in [0.4, 0.5) is 5.82 Å². The minimum Gasteiger partial charge on any atom is -0.458 e. The summed E-state index contributed by atoms with van der Waals surface area (Å²) < 4.78 is 11.6. The number of carbonyl (C=O) groups is 2. The summed E-state index contributed by atoms with van der Waals surface area (Å²) in [6.07, 6.45) is 0.484. The molecule has 0 N–H and O–H groups in total. The van der Waals surface area contributed by atoms with Crippen LogP contribution in [0.25, 0.3) is 0 Å². The summed E-state index contributed by atoms with van der Waals surface area (Å²) in [5, 5.41) is 10.9. The molecule has 0 radical (unpaired) electrons. The van der Waals surface area contributed by atoms with Gasteiger partial charge in [-0.3, -0.25) is 9.59 Å². The number of hydrogen-bond donors (Lipinski definition) is 0. The largest absolute Gasteiger partial charge is 0.458 e. The van der Waals surface area contributed by atoms with Crippen molar-refractivity contribution in [1.29, 1.82) is 0 Å². The van der Waals surface area contributed by atoms with Crippen LogP contribution in [-0.2, 0) is 25.6 Å². The highest BCUT2D eigenvalue weighted by molar-refractivity contribution is 5.67. The van der Waals surface area contributed by atoms with Gasteiger partial charge in [0.2, 0.25) is 0 Å². The maximum atomic E-state index is 11.2. The van der Waals surface area contributed by atoms with Gasteiger partial charge in [0, 0.05) is 19.9 Å². The summed E-state index contributed by atoms with van der Waals surface area (Å²) in [7, 11) is 0. The average molecular weight is 298 g/mol. The van der Waals surface area contributed by atoms with Crippen molar-refractivity contribution in [2.45, 2.75) is 45.9 Å². The van der Waals surface area contributed by atoms with Crippen molar-refractivity contribution in [3.8, 4) is 0 Å². The van der Waals surface area contributed by atoms with Gasteiger partial charge < -0.3 is 19.6 Å². The molecular weight excluding hydrogens is 280 g/mol. The molecule has 0 amide bonds. The molecule has 2 unspecified atom stereocenters. The van der Waals surface area contributed by atoms with E-state index in [0.717, 1.165) is 0 Å². The summed E-state index contributed by atoms with van der Waals surface area (Å²) in [5.41, 5.74) is 0. The van der Waals surface area contributed by atoms with Crippen LogP contribution in [0.3, 0.4) is 0 Å². The number of esters is 2. The van der Waals surface area contributed by atoms with E-state index in [9.17, 15) is 19.7 Å². The van der Waals surface area contributed by atoms with Gasteiger partial charge >= 0.3 is 17.8 Å². The van der Waals surface area contributed by atoms with Crippen LogP contribution < -0.4 is 0 Å². The van der Waals surface area contributed by atoms with Crippen molar-refractivity contribution in [1.82, 2.24) is 4.57 Å². The summed E-state index contributed by atoms with van der Waals surface area (Å²) in [6.45, 7) is 4.30. The Bertz CT molecular complexity index is 524. The molecule has 1 aromatic heterocycles. The van der Waals surface area contributed by atoms with Crippen LogP contribution in [-0.4, -0.2) is 33.6 Å². The van der Waals surface area contributed by atoms with Gasteiger partial charge in [-0.2, -0.15) is 0 Å². The van der Waals surface area contributed by atoms with Gasteiger partial charge in [-0.1, -0.05) is 6.92 Å². The third kappa shape index (κ3) is 4.90. The van der Waals surface area contributed by atoms with Crippen LogP contribution in [0.1, 0.15) is 27.2 Å². The molecular formula is C13H18N2O6. The molecule has 1 rings (SSSR count). The highest BCUT2D eigenvalue weighted by Gasteiger charge is 2.29. The molecule has 0 aliphatic rings. The number of ether oxygens (including phenoxy) is 2. The van der Waals surface area contributed by atoms with E-state index < -0.39 is 29.1 Å². The van der Waals surface area contributed by atoms with Gasteiger partial charge in [0.1, 0.15) is 12.6 Å².